The van der Waals surface area contributed by atoms with Gasteiger partial charge in [0.05, 0.1) is 5.02 Å². The highest BCUT2D eigenvalue weighted by atomic mass is 35.5. The summed E-state index contributed by atoms with van der Waals surface area (Å²) in [5.41, 5.74) is 0.0495. The second kappa shape index (κ2) is 4.49. The third-order valence-corrected chi connectivity index (χ3v) is 1.94. The highest BCUT2D eigenvalue weighted by Crippen LogP contribution is 2.24. The molecule has 0 atom stereocenters. The predicted octanol–water partition coefficient (Wildman–Crippen LogP) is 2.04. The molecule has 5 heteroatoms. The van der Waals surface area contributed by atoms with Gasteiger partial charge in [0.2, 0.25) is 0 Å². The Morgan fingerprint density at radius 1 is 1.53 bits per heavy atom. The van der Waals surface area contributed by atoms with Crippen molar-refractivity contribution in [3.05, 3.63) is 34.4 Å². The number of carbonyl (C=O) groups is 1. The van der Waals surface area contributed by atoms with Crippen LogP contribution in [0, 0.1) is 11.3 Å². The molecule has 0 heterocycles. The maximum Gasteiger partial charge on any atom is 0.346 e. The lowest BCUT2D eigenvalue weighted by atomic mass is 10.1. The fraction of sp³-hybridized carbons (Fsp3) is 0. The molecule has 0 fully saturated rings. The van der Waals surface area contributed by atoms with E-state index in [1.165, 1.54) is 24.3 Å². The van der Waals surface area contributed by atoms with Crippen molar-refractivity contribution in [2.45, 2.75) is 0 Å². The fourth-order valence-corrected chi connectivity index (χ4v) is 1.11. The summed E-state index contributed by atoms with van der Waals surface area (Å²) >= 11 is 5.61. The highest BCUT2D eigenvalue weighted by Gasteiger charge is 2.06. The Morgan fingerprint density at radius 2 is 2.20 bits per heavy atom. The van der Waals surface area contributed by atoms with Crippen molar-refractivity contribution in [3.8, 4) is 11.8 Å². The first-order valence-corrected chi connectivity index (χ1v) is 4.26. The van der Waals surface area contributed by atoms with Crippen molar-refractivity contribution in [3.63, 3.8) is 0 Å². The van der Waals surface area contributed by atoms with Crippen LogP contribution in [0.1, 0.15) is 5.56 Å². The first-order chi connectivity index (χ1) is 7.04. The summed E-state index contributed by atoms with van der Waals surface area (Å²) in [5.74, 6) is -1.40. The summed E-state index contributed by atoms with van der Waals surface area (Å²) in [7, 11) is 0. The number of nitriles is 1. The van der Waals surface area contributed by atoms with Gasteiger partial charge in [-0.05, 0) is 23.8 Å². The standard InChI is InChI=1S/C10H6ClNO3/c11-8-4-6(1-2-9(8)13)3-7(5-12)10(14)15/h1-4,13H,(H,14,15). The Kier molecular flexibility index (Phi) is 3.32. The van der Waals surface area contributed by atoms with E-state index in [0.29, 0.717) is 5.56 Å². The van der Waals surface area contributed by atoms with Crippen molar-refractivity contribution >= 4 is 23.6 Å². The minimum Gasteiger partial charge on any atom is -0.506 e. The second-order valence-electron chi connectivity index (χ2n) is 2.69. The quantitative estimate of drug-likeness (QED) is 0.594. The van der Waals surface area contributed by atoms with Crippen LogP contribution in [0.3, 0.4) is 0 Å². The van der Waals surface area contributed by atoms with Crippen LogP contribution in [0.2, 0.25) is 5.02 Å². The normalized spacial score (nSPS) is 10.8. The fourth-order valence-electron chi connectivity index (χ4n) is 0.921. The molecular weight excluding hydrogens is 218 g/mol. The molecule has 0 unspecified atom stereocenters. The number of hydrogen-bond donors (Lipinski definition) is 2. The molecule has 0 saturated carbocycles. The number of aliphatic carboxylic acids is 1. The zero-order valence-corrected chi connectivity index (χ0v) is 8.19. The van der Waals surface area contributed by atoms with Crippen LogP contribution in [0.25, 0.3) is 6.08 Å². The van der Waals surface area contributed by atoms with Gasteiger partial charge in [0.1, 0.15) is 17.4 Å². The van der Waals surface area contributed by atoms with Gasteiger partial charge in [-0.25, -0.2) is 4.79 Å². The molecule has 0 spiro atoms. The van der Waals surface area contributed by atoms with E-state index in [-0.39, 0.29) is 10.8 Å². The molecule has 1 rings (SSSR count). The van der Waals surface area contributed by atoms with Crippen LogP contribution in [0.4, 0.5) is 0 Å². The number of phenolic OH excluding ortho intramolecular Hbond substituents is 1. The summed E-state index contributed by atoms with van der Waals surface area (Å²) in [6.45, 7) is 0. The number of phenols is 1. The summed E-state index contributed by atoms with van der Waals surface area (Å²) < 4.78 is 0. The SMILES string of the molecule is N#CC(=Cc1ccc(O)c(Cl)c1)C(=O)O. The van der Waals surface area contributed by atoms with Gasteiger partial charge in [-0.1, -0.05) is 17.7 Å². The Balaban J connectivity index is 3.14. The number of rotatable bonds is 2. The molecule has 0 aliphatic heterocycles. The number of carboxylic acids is 1. The zero-order chi connectivity index (χ0) is 11.4. The number of benzene rings is 1. The van der Waals surface area contributed by atoms with Crippen molar-refractivity contribution in [1.29, 1.82) is 5.26 Å². The molecule has 15 heavy (non-hydrogen) atoms. The molecule has 76 valence electrons. The van der Waals surface area contributed by atoms with E-state index in [9.17, 15) is 4.79 Å². The monoisotopic (exact) mass is 223 g/mol. The third kappa shape index (κ3) is 2.73. The van der Waals surface area contributed by atoms with Crippen LogP contribution in [-0.4, -0.2) is 16.2 Å². The molecule has 0 bridgehead atoms. The van der Waals surface area contributed by atoms with E-state index < -0.39 is 11.5 Å². The number of halogens is 1. The van der Waals surface area contributed by atoms with Crippen LogP contribution in [-0.2, 0) is 4.79 Å². The van der Waals surface area contributed by atoms with Gasteiger partial charge in [0.25, 0.3) is 0 Å². The lowest BCUT2D eigenvalue weighted by Gasteiger charge is -1.98. The van der Waals surface area contributed by atoms with E-state index in [0.717, 1.165) is 0 Å². The molecule has 0 aliphatic rings. The maximum absolute atomic E-state index is 10.5. The summed E-state index contributed by atoms with van der Waals surface area (Å²) in [6, 6.07) is 5.70. The van der Waals surface area contributed by atoms with E-state index >= 15 is 0 Å². The number of aromatic hydroxyl groups is 1. The molecule has 0 radical (unpaired) electrons. The van der Waals surface area contributed by atoms with Gasteiger partial charge in [-0.15, -0.1) is 0 Å². The van der Waals surface area contributed by atoms with Crippen molar-refractivity contribution in [2.75, 3.05) is 0 Å². The minimum absolute atomic E-state index is 0.0948. The Labute approximate surface area is 90.6 Å². The molecule has 0 aromatic heterocycles. The van der Waals surface area contributed by atoms with E-state index in [1.807, 2.05) is 0 Å². The largest absolute Gasteiger partial charge is 0.506 e. The van der Waals surface area contributed by atoms with Crippen molar-refractivity contribution < 1.29 is 15.0 Å². The number of hydrogen-bond acceptors (Lipinski definition) is 3. The van der Waals surface area contributed by atoms with Gasteiger partial charge < -0.3 is 10.2 Å². The van der Waals surface area contributed by atoms with Crippen LogP contribution in [0.5, 0.6) is 5.75 Å². The second-order valence-corrected chi connectivity index (χ2v) is 3.09. The van der Waals surface area contributed by atoms with Gasteiger partial charge in [-0.2, -0.15) is 5.26 Å². The molecule has 1 aromatic carbocycles. The molecule has 0 amide bonds. The minimum atomic E-state index is -1.30. The Morgan fingerprint density at radius 3 is 2.67 bits per heavy atom. The van der Waals surface area contributed by atoms with Gasteiger partial charge >= 0.3 is 5.97 Å². The van der Waals surface area contributed by atoms with Crippen molar-refractivity contribution in [1.82, 2.24) is 0 Å². The molecule has 1 aromatic rings. The summed E-state index contributed by atoms with van der Waals surface area (Å²) in [5, 5.41) is 26.3. The number of carboxylic acid groups (broad SMARTS) is 1. The zero-order valence-electron chi connectivity index (χ0n) is 7.44. The average Bonchev–Trinajstić information content (AvgIpc) is 2.19. The smallest absolute Gasteiger partial charge is 0.346 e. The van der Waals surface area contributed by atoms with E-state index in [1.54, 1.807) is 6.07 Å². The first kappa shape index (κ1) is 11.1. The van der Waals surface area contributed by atoms with Gasteiger partial charge in [0.15, 0.2) is 0 Å². The van der Waals surface area contributed by atoms with Crippen LogP contribution >= 0.6 is 11.6 Å². The molecule has 0 aliphatic carbocycles. The van der Waals surface area contributed by atoms with Gasteiger partial charge in [-0.3, -0.25) is 0 Å². The maximum atomic E-state index is 10.5. The Hall–Kier alpha value is -1.99. The highest BCUT2D eigenvalue weighted by molar-refractivity contribution is 6.32. The molecule has 0 saturated heterocycles. The Bertz CT molecular complexity index is 474. The number of nitrogens with zero attached hydrogens (tertiary/aromatic N) is 1. The summed E-state index contributed by atoms with van der Waals surface area (Å²) in [6.07, 6.45) is 1.17. The molecule has 4 nitrogen and oxygen atoms in total. The van der Waals surface area contributed by atoms with Crippen LogP contribution in [0.15, 0.2) is 23.8 Å². The average molecular weight is 224 g/mol. The van der Waals surface area contributed by atoms with E-state index in [2.05, 4.69) is 0 Å². The lowest BCUT2D eigenvalue weighted by molar-refractivity contribution is -0.132. The van der Waals surface area contributed by atoms with Crippen LogP contribution < -0.4 is 0 Å². The summed E-state index contributed by atoms with van der Waals surface area (Å²) in [4.78, 5) is 10.5. The first-order valence-electron chi connectivity index (χ1n) is 3.88. The van der Waals surface area contributed by atoms with Gasteiger partial charge in [0, 0.05) is 0 Å². The third-order valence-electron chi connectivity index (χ3n) is 1.63. The molecular formula is C10H6ClNO3. The predicted molar refractivity (Wildman–Crippen MR) is 54.3 cm³/mol. The van der Waals surface area contributed by atoms with E-state index in [4.69, 9.17) is 27.1 Å². The molecule has 2 N–H and O–H groups in total. The lowest BCUT2D eigenvalue weighted by Crippen LogP contribution is -1.97. The van der Waals surface area contributed by atoms with Crippen molar-refractivity contribution in [2.24, 2.45) is 0 Å². The topological polar surface area (TPSA) is 81.3 Å².